The van der Waals surface area contributed by atoms with Gasteiger partial charge in [0.1, 0.15) is 12.4 Å². The minimum atomic E-state index is -0.467. The zero-order valence-electron chi connectivity index (χ0n) is 8.36. The summed E-state index contributed by atoms with van der Waals surface area (Å²) >= 11 is 0. The fraction of sp³-hybridized carbons (Fsp3) is 0.364. The number of hydrogen-bond donors (Lipinski definition) is 1. The molecule has 0 aromatic heterocycles. The second-order valence-electron chi connectivity index (χ2n) is 3.28. The van der Waals surface area contributed by atoms with Crippen molar-refractivity contribution in [2.45, 2.75) is 20.0 Å². The van der Waals surface area contributed by atoms with Gasteiger partial charge in [-0.25, -0.2) is 0 Å². The summed E-state index contributed by atoms with van der Waals surface area (Å²) in [5.41, 5.74) is 0.477. The zero-order chi connectivity index (χ0) is 10.6. The van der Waals surface area contributed by atoms with E-state index in [1.165, 1.54) is 0 Å². The summed E-state index contributed by atoms with van der Waals surface area (Å²) in [4.78, 5) is 11.1. The van der Waals surface area contributed by atoms with Crippen LogP contribution in [0.1, 0.15) is 24.2 Å². The molecule has 0 atom stereocenters. The van der Waals surface area contributed by atoms with Crippen molar-refractivity contribution in [3.63, 3.8) is 0 Å². The van der Waals surface area contributed by atoms with Gasteiger partial charge in [0.2, 0.25) is 0 Å². The molecule has 3 heteroatoms. The van der Waals surface area contributed by atoms with Crippen molar-refractivity contribution in [3.05, 3.63) is 29.8 Å². The number of aliphatic hydroxyl groups excluding tert-OH is 1. The van der Waals surface area contributed by atoms with Crippen molar-refractivity contribution in [1.82, 2.24) is 0 Å². The van der Waals surface area contributed by atoms with E-state index < -0.39 is 6.61 Å². The molecule has 1 N–H and O–H groups in total. The van der Waals surface area contributed by atoms with Crippen LogP contribution in [0.15, 0.2) is 24.3 Å². The van der Waals surface area contributed by atoms with Crippen LogP contribution in [0.25, 0.3) is 0 Å². The summed E-state index contributed by atoms with van der Waals surface area (Å²) in [6.45, 7) is 3.37. The number of Topliss-reactive ketones (excluding diaryl/α,β-unsaturated/α-hetero) is 1. The first-order chi connectivity index (χ1) is 6.63. The Bertz CT molecular complexity index is 318. The van der Waals surface area contributed by atoms with Crippen LogP contribution in [-0.2, 0) is 0 Å². The SMILES string of the molecule is CC(C)Oc1cccc(C(=O)CO)c1. The number of carbonyl (C=O) groups excluding carboxylic acids is 1. The lowest BCUT2D eigenvalue weighted by Gasteiger charge is -2.09. The first-order valence-electron chi connectivity index (χ1n) is 4.54. The van der Waals surface area contributed by atoms with Crippen molar-refractivity contribution in [3.8, 4) is 5.75 Å². The van der Waals surface area contributed by atoms with Gasteiger partial charge < -0.3 is 9.84 Å². The van der Waals surface area contributed by atoms with Gasteiger partial charge in [0.15, 0.2) is 5.78 Å². The number of ether oxygens (including phenoxy) is 1. The van der Waals surface area contributed by atoms with Crippen LogP contribution in [-0.4, -0.2) is 23.6 Å². The smallest absolute Gasteiger partial charge is 0.188 e. The van der Waals surface area contributed by atoms with E-state index in [1.807, 2.05) is 13.8 Å². The molecule has 0 spiro atoms. The molecular formula is C11H14O3. The molecule has 0 saturated heterocycles. The highest BCUT2D eigenvalue weighted by Crippen LogP contribution is 2.15. The monoisotopic (exact) mass is 194 g/mol. The molecule has 0 unspecified atom stereocenters. The second kappa shape index (κ2) is 4.77. The number of aliphatic hydroxyl groups is 1. The topological polar surface area (TPSA) is 46.5 Å². The Morgan fingerprint density at radius 3 is 2.79 bits per heavy atom. The fourth-order valence-corrected chi connectivity index (χ4v) is 1.11. The summed E-state index contributed by atoms with van der Waals surface area (Å²) in [7, 11) is 0. The van der Waals surface area contributed by atoms with Crippen molar-refractivity contribution in [2.24, 2.45) is 0 Å². The van der Waals surface area contributed by atoms with Gasteiger partial charge >= 0.3 is 0 Å². The van der Waals surface area contributed by atoms with Crippen molar-refractivity contribution < 1.29 is 14.6 Å². The van der Waals surface area contributed by atoms with Gasteiger partial charge in [0, 0.05) is 5.56 Å². The van der Waals surface area contributed by atoms with Gasteiger partial charge in [-0.05, 0) is 26.0 Å². The number of carbonyl (C=O) groups is 1. The summed E-state index contributed by atoms with van der Waals surface area (Å²) in [5.74, 6) is 0.360. The van der Waals surface area contributed by atoms with Crippen molar-refractivity contribution in [2.75, 3.05) is 6.61 Å². The first-order valence-corrected chi connectivity index (χ1v) is 4.54. The average Bonchev–Trinajstić information content (AvgIpc) is 2.16. The van der Waals surface area contributed by atoms with Crippen molar-refractivity contribution in [1.29, 1.82) is 0 Å². The third kappa shape index (κ3) is 2.85. The standard InChI is InChI=1S/C11H14O3/c1-8(2)14-10-5-3-4-9(6-10)11(13)7-12/h3-6,8,12H,7H2,1-2H3. The minimum absolute atomic E-state index is 0.0782. The van der Waals surface area contributed by atoms with Gasteiger partial charge in [-0.2, -0.15) is 0 Å². The van der Waals surface area contributed by atoms with Crippen LogP contribution in [0.3, 0.4) is 0 Å². The van der Waals surface area contributed by atoms with Crippen LogP contribution in [0, 0.1) is 0 Å². The lowest BCUT2D eigenvalue weighted by Crippen LogP contribution is -2.08. The summed E-state index contributed by atoms with van der Waals surface area (Å²) in [5, 5.41) is 8.67. The van der Waals surface area contributed by atoms with E-state index in [2.05, 4.69) is 0 Å². The predicted octanol–water partition coefficient (Wildman–Crippen LogP) is 1.65. The van der Waals surface area contributed by atoms with Crippen LogP contribution < -0.4 is 4.74 Å². The first kappa shape index (κ1) is 10.7. The van der Waals surface area contributed by atoms with E-state index in [0.29, 0.717) is 11.3 Å². The molecular weight excluding hydrogens is 180 g/mol. The maximum absolute atomic E-state index is 11.1. The molecule has 0 saturated carbocycles. The molecule has 0 amide bonds. The molecule has 0 heterocycles. The van der Waals surface area contributed by atoms with Gasteiger partial charge in [0.05, 0.1) is 6.10 Å². The van der Waals surface area contributed by atoms with E-state index in [-0.39, 0.29) is 11.9 Å². The third-order valence-electron chi connectivity index (χ3n) is 1.67. The quantitative estimate of drug-likeness (QED) is 0.741. The molecule has 0 aliphatic heterocycles. The zero-order valence-corrected chi connectivity index (χ0v) is 8.36. The van der Waals surface area contributed by atoms with Crippen LogP contribution in [0.5, 0.6) is 5.75 Å². The Kier molecular flexibility index (Phi) is 3.65. The summed E-state index contributed by atoms with van der Waals surface area (Å²) < 4.78 is 5.42. The number of ketones is 1. The van der Waals surface area contributed by atoms with Gasteiger partial charge in [-0.15, -0.1) is 0 Å². The van der Waals surface area contributed by atoms with Crippen LogP contribution in [0.4, 0.5) is 0 Å². The van der Waals surface area contributed by atoms with Gasteiger partial charge in [-0.1, -0.05) is 12.1 Å². The molecule has 14 heavy (non-hydrogen) atoms. The fourth-order valence-electron chi connectivity index (χ4n) is 1.11. The Balaban J connectivity index is 2.84. The molecule has 1 rings (SSSR count). The van der Waals surface area contributed by atoms with E-state index in [1.54, 1.807) is 24.3 Å². The highest BCUT2D eigenvalue weighted by Gasteiger charge is 2.05. The number of hydrogen-bond acceptors (Lipinski definition) is 3. The Morgan fingerprint density at radius 1 is 1.50 bits per heavy atom. The Hall–Kier alpha value is -1.35. The second-order valence-corrected chi connectivity index (χ2v) is 3.28. The molecule has 0 aliphatic rings. The van der Waals surface area contributed by atoms with E-state index in [9.17, 15) is 4.79 Å². The Labute approximate surface area is 83.3 Å². The highest BCUT2D eigenvalue weighted by atomic mass is 16.5. The molecule has 0 radical (unpaired) electrons. The highest BCUT2D eigenvalue weighted by molar-refractivity contribution is 5.97. The molecule has 1 aromatic carbocycles. The third-order valence-corrected chi connectivity index (χ3v) is 1.67. The molecule has 76 valence electrons. The lowest BCUT2D eigenvalue weighted by atomic mass is 10.1. The number of rotatable bonds is 4. The Morgan fingerprint density at radius 2 is 2.21 bits per heavy atom. The molecule has 0 aliphatic carbocycles. The number of benzene rings is 1. The van der Waals surface area contributed by atoms with Crippen LogP contribution in [0.2, 0.25) is 0 Å². The molecule has 3 nitrogen and oxygen atoms in total. The lowest BCUT2D eigenvalue weighted by molar-refractivity contribution is 0.0903. The van der Waals surface area contributed by atoms with Crippen molar-refractivity contribution >= 4 is 5.78 Å². The largest absolute Gasteiger partial charge is 0.491 e. The summed E-state index contributed by atoms with van der Waals surface area (Å²) in [6.07, 6.45) is 0.0782. The van der Waals surface area contributed by atoms with Gasteiger partial charge in [0.25, 0.3) is 0 Å². The normalized spacial score (nSPS) is 10.3. The molecule has 0 fully saturated rings. The van der Waals surface area contributed by atoms with Gasteiger partial charge in [-0.3, -0.25) is 4.79 Å². The van der Waals surface area contributed by atoms with E-state index >= 15 is 0 Å². The minimum Gasteiger partial charge on any atom is -0.491 e. The van der Waals surface area contributed by atoms with E-state index in [4.69, 9.17) is 9.84 Å². The maximum atomic E-state index is 11.1. The average molecular weight is 194 g/mol. The molecule has 1 aromatic rings. The maximum Gasteiger partial charge on any atom is 0.188 e. The molecule has 0 bridgehead atoms. The summed E-state index contributed by atoms with van der Waals surface area (Å²) in [6, 6.07) is 6.82. The van der Waals surface area contributed by atoms with E-state index in [0.717, 1.165) is 0 Å². The van der Waals surface area contributed by atoms with Crippen LogP contribution >= 0.6 is 0 Å². The predicted molar refractivity (Wildman–Crippen MR) is 53.6 cm³/mol.